The normalized spacial score (nSPS) is 17.8. The van der Waals surface area contributed by atoms with Crippen LogP contribution in [0, 0.1) is 0 Å². The van der Waals surface area contributed by atoms with Gasteiger partial charge in [-0.2, -0.15) is 4.31 Å². The van der Waals surface area contributed by atoms with E-state index in [0.29, 0.717) is 50.8 Å². The van der Waals surface area contributed by atoms with Crippen molar-refractivity contribution in [2.24, 2.45) is 0 Å². The lowest BCUT2D eigenvalue weighted by Gasteiger charge is -2.35. The van der Waals surface area contributed by atoms with Crippen LogP contribution in [-0.2, 0) is 14.8 Å². The third kappa shape index (κ3) is 3.43. The molecular formula is C19H22N4O4S. The molecule has 0 atom stereocenters. The van der Waals surface area contributed by atoms with E-state index in [-0.39, 0.29) is 10.8 Å². The van der Waals surface area contributed by atoms with Crippen molar-refractivity contribution >= 4 is 27.4 Å². The van der Waals surface area contributed by atoms with E-state index in [1.807, 2.05) is 18.2 Å². The summed E-state index contributed by atoms with van der Waals surface area (Å²) < 4.78 is 33.3. The molecule has 0 N–H and O–H groups in total. The summed E-state index contributed by atoms with van der Waals surface area (Å²) in [4.78, 5) is 20.0. The summed E-state index contributed by atoms with van der Waals surface area (Å²) in [6.07, 6.45) is 1.73. The molecule has 1 saturated heterocycles. The minimum absolute atomic E-state index is 0.136. The molecule has 4 rings (SSSR count). The van der Waals surface area contributed by atoms with Gasteiger partial charge in [0, 0.05) is 39.3 Å². The Morgan fingerprint density at radius 1 is 1.07 bits per heavy atom. The maximum Gasteiger partial charge on any atom is 0.243 e. The summed E-state index contributed by atoms with van der Waals surface area (Å²) >= 11 is 0. The highest BCUT2D eigenvalue weighted by Gasteiger charge is 2.31. The number of hydrogen-bond donors (Lipinski definition) is 0. The fourth-order valence-electron chi connectivity index (χ4n) is 3.53. The van der Waals surface area contributed by atoms with Gasteiger partial charge in [-0.3, -0.25) is 4.79 Å². The number of pyridine rings is 1. The molecule has 1 amide bonds. The minimum Gasteiger partial charge on any atom is -0.490 e. The lowest BCUT2D eigenvalue weighted by molar-refractivity contribution is -0.116. The average molecular weight is 402 g/mol. The zero-order chi connectivity index (χ0) is 19.7. The Hall–Kier alpha value is -2.65. The standard InChI is InChI=1S/C19H22N4O4S/c1-15(24)23-12-13-27-18-6-5-16(14-17(18)23)28(25,26)22-10-8-21(9-11-22)19-4-2-3-7-20-19/h2-7,14H,8-13H2,1H3. The number of piperazine rings is 1. The molecule has 2 aliphatic rings. The fraction of sp³-hybridized carbons (Fsp3) is 0.368. The summed E-state index contributed by atoms with van der Waals surface area (Å²) in [5, 5.41) is 0. The highest BCUT2D eigenvalue weighted by Crippen LogP contribution is 2.34. The maximum absolute atomic E-state index is 13.1. The van der Waals surface area contributed by atoms with Crippen LogP contribution in [0.3, 0.4) is 0 Å². The third-order valence-electron chi connectivity index (χ3n) is 5.02. The van der Waals surface area contributed by atoms with Gasteiger partial charge in [0.2, 0.25) is 15.9 Å². The number of ether oxygens (including phenoxy) is 1. The monoisotopic (exact) mass is 402 g/mol. The zero-order valence-corrected chi connectivity index (χ0v) is 16.4. The second-order valence-electron chi connectivity index (χ2n) is 6.73. The van der Waals surface area contributed by atoms with Crippen LogP contribution in [0.4, 0.5) is 11.5 Å². The number of anilines is 2. The van der Waals surface area contributed by atoms with E-state index < -0.39 is 10.0 Å². The van der Waals surface area contributed by atoms with E-state index in [9.17, 15) is 13.2 Å². The van der Waals surface area contributed by atoms with Gasteiger partial charge in [0.25, 0.3) is 0 Å². The lowest BCUT2D eigenvalue weighted by atomic mass is 10.2. The topological polar surface area (TPSA) is 83.0 Å². The smallest absolute Gasteiger partial charge is 0.243 e. The lowest BCUT2D eigenvalue weighted by Crippen LogP contribution is -2.49. The fourth-order valence-corrected chi connectivity index (χ4v) is 4.98. The van der Waals surface area contributed by atoms with Gasteiger partial charge in [0.15, 0.2) is 0 Å². The Bertz CT molecular complexity index is 973. The SMILES string of the molecule is CC(=O)N1CCOc2ccc(S(=O)(=O)N3CCN(c4ccccn4)CC3)cc21. The van der Waals surface area contributed by atoms with Crippen molar-refractivity contribution in [3.63, 3.8) is 0 Å². The summed E-state index contributed by atoms with van der Waals surface area (Å²) in [5.74, 6) is 1.24. The molecule has 2 aromatic rings. The molecular weight excluding hydrogens is 380 g/mol. The zero-order valence-electron chi connectivity index (χ0n) is 15.6. The van der Waals surface area contributed by atoms with Crippen molar-refractivity contribution in [2.45, 2.75) is 11.8 Å². The molecule has 0 radical (unpaired) electrons. The number of hydrogen-bond acceptors (Lipinski definition) is 6. The Morgan fingerprint density at radius 3 is 2.54 bits per heavy atom. The second kappa shape index (κ2) is 7.40. The molecule has 0 saturated carbocycles. The predicted molar refractivity (Wildman–Crippen MR) is 105 cm³/mol. The summed E-state index contributed by atoms with van der Waals surface area (Å²) in [5.41, 5.74) is 0.506. The molecule has 1 fully saturated rings. The van der Waals surface area contributed by atoms with Crippen LogP contribution in [0.15, 0.2) is 47.5 Å². The predicted octanol–water partition coefficient (Wildman–Crippen LogP) is 1.34. The molecule has 0 aliphatic carbocycles. The first-order valence-corrected chi connectivity index (χ1v) is 10.6. The van der Waals surface area contributed by atoms with E-state index in [0.717, 1.165) is 5.82 Å². The van der Waals surface area contributed by atoms with E-state index >= 15 is 0 Å². The molecule has 3 heterocycles. The summed E-state index contributed by atoms with van der Waals surface area (Å²) in [7, 11) is -3.66. The Morgan fingerprint density at radius 2 is 1.86 bits per heavy atom. The van der Waals surface area contributed by atoms with Crippen LogP contribution in [0.2, 0.25) is 0 Å². The van der Waals surface area contributed by atoms with Gasteiger partial charge in [0.05, 0.1) is 17.1 Å². The molecule has 0 unspecified atom stereocenters. The molecule has 1 aromatic carbocycles. The van der Waals surface area contributed by atoms with Gasteiger partial charge in [-0.15, -0.1) is 0 Å². The highest BCUT2D eigenvalue weighted by molar-refractivity contribution is 7.89. The first kappa shape index (κ1) is 18.7. The number of rotatable bonds is 3. The third-order valence-corrected chi connectivity index (χ3v) is 6.92. The largest absolute Gasteiger partial charge is 0.490 e. The van der Waals surface area contributed by atoms with Crippen LogP contribution in [0.5, 0.6) is 5.75 Å². The number of sulfonamides is 1. The number of benzene rings is 1. The Balaban J connectivity index is 1.55. The number of aromatic nitrogens is 1. The van der Waals surface area contributed by atoms with Crippen molar-refractivity contribution in [3.05, 3.63) is 42.6 Å². The molecule has 2 aliphatic heterocycles. The Labute approximate surface area is 164 Å². The number of fused-ring (bicyclic) bond motifs is 1. The maximum atomic E-state index is 13.1. The number of carbonyl (C=O) groups excluding carboxylic acids is 1. The molecule has 9 heteroatoms. The molecule has 1 aromatic heterocycles. The molecule has 148 valence electrons. The van der Waals surface area contributed by atoms with Gasteiger partial charge in [-0.1, -0.05) is 6.07 Å². The quantitative estimate of drug-likeness (QED) is 0.771. The molecule has 28 heavy (non-hydrogen) atoms. The summed E-state index contributed by atoms with van der Waals surface area (Å²) in [6, 6.07) is 10.4. The van der Waals surface area contributed by atoms with E-state index in [1.165, 1.54) is 17.3 Å². The molecule has 0 bridgehead atoms. The van der Waals surface area contributed by atoms with Crippen molar-refractivity contribution < 1.29 is 17.9 Å². The number of carbonyl (C=O) groups is 1. The first-order chi connectivity index (χ1) is 13.5. The van der Waals surface area contributed by atoms with Crippen LogP contribution < -0.4 is 14.5 Å². The van der Waals surface area contributed by atoms with Gasteiger partial charge in [-0.25, -0.2) is 13.4 Å². The van der Waals surface area contributed by atoms with Crippen molar-refractivity contribution in [1.29, 1.82) is 0 Å². The summed E-state index contributed by atoms with van der Waals surface area (Å²) in [6.45, 7) is 4.18. The van der Waals surface area contributed by atoms with Crippen molar-refractivity contribution in [2.75, 3.05) is 49.1 Å². The highest BCUT2D eigenvalue weighted by atomic mass is 32.2. The van der Waals surface area contributed by atoms with E-state index in [4.69, 9.17) is 4.74 Å². The van der Waals surface area contributed by atoms with E-state index in [1.54, 1.807) is 23.2 Å². The average Bonchev–Trinajstić information content (AvgIpc) is 2.73. The van der Waals surface area contributed by atoms with Gasteiger partial charge < -0.3 is 14.5 Å². The van der Waals surface area contributed by atoms with Crippen molar-refractivity contribution in [1.82, 2.24) is 9.29 Å². The Kier molecular flexibility index (Phi) is 4.94. The van der Waals surface area contributed by atoms with Gasteiger partial charge in [0.1, 0.15) is 18.2 Å². The van der Waals surface area contributed by atoms with Crippen LogP contribution >= 0.6 is 0 Å². The minimum atomic E-state index is -3.66. The van der Waals surface area contributed by atoms with Gasteiger partial charge in [-0.05, 0) is 30.3 Å². The van der Waals surface area contributed by atoms with Crippen LogP contribution in [0.1, 0.15) is 6.92 Å². The van der Waals surface area contributed by atoms with E-state index in [2.05, 4.69) is 9.88 Å². The van der Waals surface area contributed by atoms with Crippen LogP contribution in [0.25, 0.3) is 0 Å². The number of amides is 1. The van der Waals surface area contributed by atoms with Gasteiger partial charge >= 0.3 is 0 Å². The molecule has 8 nitrogen and oxygen atoms in total. The number of nitrogens with zero attached hydrogens (tertiary/aromatic N) is 4. The second-order valence-corrected chi connectivity index (χ2v) is 8.67. The van der Waals surface area contributed by atoms with Crippen molar-refractivity contribution in [3.8, 4) is 5.75 Å². The first-order valence-electron chi connectivity index (χ1n) is 9.18. The van der Waals surface area contributed by atoms with Crippen LogP contribution in [-0.4, -0.2) is 62.9 Å². The molecule has 0 spiro atoms.